The van der Waals surface area contributed by atoms with Crippen molar-refractivity contribution in [2.45, 2.75) is 17.9 Å². The number of fused-ring (bicyclic) bond motifs is 1. The Hall–Kier alpha value is -2.28. The van der Waals surface area contributed by atoms with Crippen LogP contribution in [-0.2, 0) is 9.73 Å². The van der Waals surface area contributed by atoms with Crippen LogP contribution in [-0.4, -0.2) is 62.5 Å². The van der Waals surface area contributed by atoms with Gasteiger partial charge in [0.05, 0.1) is 30.9 Å². The van der Waals surface area contributed by atoms with E-state index in [0.717, 1.165) is 36.8 Å². The Kier molecular flexibility index (Phi) is 5.19. The number of thiazole rings is 1. The van der Waals surface area contributed by atoms with Gasteiger partial charge in [0.2, 0.25) is 5.95 Å². The van der Waals surface area contributed by atoms with Crippen LogP contribution in [0.4, 0.5) is 5.95 Å². The van der Waals surface area contributed by atoms with Crippen LogP contribution in [0.5, 0.6) is 0 Å². The molecule has 0 amide bonds. The van der Waals surface area contributed by atoms with Gasteiger partial charge in [-0.25, -0.2) is 23.9 Å². The first-order chi connectivity index (χ1) is 13.4. The quantitative estimate of drug-likeness (QED) is 0.772. The fourth-order valence-corrected chi connectivity index (χ4v) is 4.52. The fourth-order valence-electron chi connectivity index (χ4n) is 3.37. The maximum atomic E-state index is 11.8. The Morgan fingerprint density at radius 3 is 2.64 bits per heavy atom. The first-order valence-corrected chi connectivity index (χ1v) is 11.9. The molecule has 1 aliphatic heterocycles. The van der Waals surface area contributed by atoms with Crippen LogP contribution >= 0.6 is 11.3 Å². The molecule has 2 aromatic heterocycles. The van der Waals surface area contributed by atoms with Crippen LogP contribution in [0, 0.1) is 22.5 Å². The zero-order valence-corrected chi connectivity index (χ0v) is 17.5. The summed E-state index contributed by atoms with van der Waals surface area (Å²) in [6.07, 6.45) is 8.71. The number of anilines is 1. The van der Waals surface area contributed by atoms with Gasteiger partial charge in [-0.05, 0) is 18.9 Å². The molecule has 7 nitrogen and oxygen atoms in total. The van der Waals surface area contributed by atoms with Crippen LogP contribution in [0.1, 0.15) is 17.5 Å². The zero-order valence-electron chi connectivity index (χ0n) is 15.8. The predicted octanol–water partition coefficient (Wildman–Crippen LogP) is 2.17. The Balaban J connectivity index is 1.38. The molecule has 1 aliphatic carbocycles. The SMILES string of the molecule is C[C@@H]([C@@H]1C#Cc2ncsc2C=C1)N1CCN(c2ncc([S@@](C)(=N)=O)cn2)CC1. The molecule has 0 aromatic carbocycles. The van der Waals surface area contributed by atoms with Crippen molar-refractivity contribution < 1.29 is 4.21 Å². The van der Waals surface area contributed by atoms with Crippen LogP contribution in [0.2, 0.25) is 0 Å². The minimum absolute atomic E-state index is 0.179. The standard InChI is InChI=1S/C19H22N6OS2/c1-14(15-3-5-17-18(6-4-15)27-13-23-17)24-7-9-25(10-8-24)19-21-11-16(12-22-19)28(2,20)26/h4,6,11-15,20H,7-10H2,1-2H3/t14-,15+,28-/m0/s1. The lowest BCUT2D eigenvalue weighted by Gasteiger charge is -2.39. The normalized spacial score (nSPS) is 22.5. The first-order valence-electron chi connectivity index (χ1n) is 9.10. The van der Waals surface area contributed by atoms with Crippen LogP contribution in [0.3, 0.4) is 0 Å². The van der Waals surface area contributed by atoms with Gasteiger partial charge in [0, 0.05) is 50.9 Å². The van der Waals surface area contributed by atoms with Crippen LogP contribution in [0.25, 0.3) is 6.08 Å². The van der Waals surface area contributed by atoms with Gasteiger partial charge < -0.3 is 4.90 Å². The second kappa shape index (κ2) is 7.62. The van der Waals surface area contributed by atoms with Crippen molar-refractivity contribution in [3.63, 3.8) is 0 Å². The molecule has 2 aromatic rings. The van der Waals surface area contributed by atoms with Crippen molar-refractivity contribution in [3.05, 3.63) is 34.6 Å². The highest BCUT2D eigenvalue weighted by molar-refractivity contribution is 7.91. The molecule has 1 saturated heterocycles. The van der Waals surface area contributed by atoms with Gasteiger partial charge in [-0.3, -0.25) is 4.90 Å². The molecule has 3 atom stereocenters. The summed E-state index contributed by atoms with van der Waals surface area (Å²) in [7, 11) is -2.78. The molecule has 9 heteroatoms. The first kappa shape index (κ1) is 19.1. The molecule has 0 unspecified atom stereocenters. The number of hydrogen-bond acceptors (Lipinski definition) is 8. The molecule has 0 bridgehead atoms. The number of aromatic nitrogens is 3. The smallest absolute Gasteiger partial charge is 0.225 e. The summed E-state index contributed by atoms with van der Waals surface area (Å²) in [5, 5.41) is 0. The molecular formula is C19H22N6OS2. The molecule has 0 spiro atoms. The van der Waals surface area contributed by atoms with E-state index in [4.69, 9.17) is 4.78 Å². The van der Waals surface area contributed by atoms with E-state index < -0.39 is 9.73 Å². The third-order valence-electron chi connectivity index (χ3n) is 5.16. The summed E-state index contributed by atoms with van der Waals surface area (Å²) in [5.74, 6) is 7.39. The van der Waals surface area contributed by atoms with E-state index in [2.05, 4.69) is 55.7 Å². The van der Waals surface area contributed by atoms with Crippen molar-refractivity contribution in [2.75, 3.05) is 37.3 Å². The molecule has 1 fully saturated rings. The maximum Gasteiger partial charge on any atom is 0.225 e. The number of piperazine rings is 1. The third-order valence-corrected chi connectivity index (χ3v) is 7.07. The van der Waals surface area contributed by atoms with Crippen molar-refractivity contribution in [1.29, 1.82) is 4.78 Å². The van der Waals surface area contributed by atoms with Gasteiger partial charge in [0.1, 0.15) is 5.69 Å². The summed E-state index contributed by atoms with van der Waals surface area (Å²) in [6, 6.07) is 0.316. The minimum Gasteiger partial charge on any atom is -0.338 e. The lowest BCUT2D eigenvalue weighted by molar-refractivity contribution is 0.179. The van der Waals surface area contributed by atoms with Gasteiger partial charge in [-0.15, -0.1) is 11.3 Å². The van der Waals surface area contributed by atoms with Gasteiger partial charge in [0.25, 0.3) is 0 Å². The van der Waals surface area contributed by atoms with E-state index in [1.54, 1.807) is 11.3 Å². The van der Waals surface area contributed by atoms with Crippen molar-refractivity contribution in [1.82, 2.24) is 19.9 Å². The second-order valence-electron chi connectivity index (χ2n) is 7.05. The molecule has 2 aliphatic rings. The summed E-state index contributed by atoms with van der Waals surface area (Å²) in [6.45, 7) is 5.68. The summed E-state index contributed by atoms with van der Waals surface area (Å²) in [4.78, 5) is 19.0. The highest BCUT2D eigenvalue weighted by Gasteiger charge is 2.26. The molecule has 3 heterocycles. The summed E-state index contributed by atoms with van der Waals surface area (Å²) < 4.78 is 19.4. The Morgan fingerprint density at radius 2 is 1.96 bits per heavy atom. The van der Waals surface area contributed by atoms with E-state index in [9.17, 15) is 4.21 Å². The van der Waals surface area contributed by atoms with Crippen molar-refractivity contribution in [2.24, 2.45) is 5.92 Å². The lowest BCUT2D eigenvalue weighted by atomic mass is 9.99. The maximum absolute atomic E-state index is 11.8. The van der Waals surface area contributed by atoms with Gasteiger partial charge in [-0.2, -0.15) is 0 Å². The molecule has 4 rings (SSSR count). The monoisotopic (exact) mass is 414 g/mol. The van der Waals surface area contributed by atoms with Gasteiger partial charge in [0.15, 0.2) is 0 Å². The van der Waals surface area contributed by atoms with E-state index >= 15 is 0 Å². The Labute approximate surface area is 169 Å². The van der Waals surface area contributed by atoms with Gasteiger partial charge >= 0.3 is 0 Å². The zero-order chi connectivity index (χ0) is 19.7. The van der Waals surface area contributed by atoms with E-state index in [-0.39, 0.29) is 5.92 Å². The average Bonchev–Trinajstić information content (AvgIpc) is 3.05. The number of nitrogens with zero attached hydrogens (tertiary/aromatic N) is 5. The number of hydrogen-bond donors (Lipinski definition) is 1. The Morgan fingerprint density at radius 1 is 1.25 bits per heavy atom. The number of rotatable bonds is 4. The molecule has 0 saturated carbocycles. The van der Waals surface area contributed by atoms with Crippen molar-refractivity contribution >= 4 is 33.1 Å². The molecule has 146 valence electrons. The fraction of sp³-hybridized carbons (Fsp3) is 0.421. The summed E-state index contributed by atoms with van der Waals surface area (Å²) in [5.41, 5.74) is 2.72. The highest BCUT2D eigenvalue weighted by atomic mass is 32.2. The topological polar surface area (TPSA) is 86.1 Å². The highest BCUT2D eigenvalue weighted by Crippen LogP contribution is 2.23. The third kappa shape index (κ3) is 3.94. The van der Waals surface area contributed by atoms with Gasteiger partial charge in [-0.1, -0.05) is 12.0 Å². The molecular weight excluding hydrogens is 392 g/mol. The van der Waals surface area contributed by atoms with Crippen LogP contribution < -0.4 is 4.90 Å². The largest absolute Gasteiger partial charge is 0.338 e. The molecule has 28 heavy (non-hydrogen) atoms. The summed E-state index contributed by atoms with van der Waals surface area (Å²) >= 11 is 1.62. The van der Waals surface area contributed by atoms with Crippen molar-refractivity contribution in [3.8, 4) is 11.8 Å². The Bertz CT molecular complexity index is 1040. The predicted molar refractivity (Wildman–Crippen MR) is 112 cm³/mol. The minimum atomic E-state index is -2.78. The average molecular weight is 415 g/mol. The lowest BCUT2D eigenvalue weighted by Crippen LogP contribution is -2.51. The van der Waals surface area contributed by atoms with E-state index in [0.29, 0.717) is 16.9 Å². The number of nitrogens with one attached hydrogen (secondary N) is 1. The van der Waals surface area contributed by atoms with E-state index in [1.165, 1.54) is 18.6 Å². The second-order valence-corrected chi connectivity index (χ2v) is 10.1. The molecule has 0 radical (unpaired) electrons. The van der Waals surface area contributed by atoms with E-state index in [1.807, 2.05) is 5.51 Å². The molecule has 1 N–H and O–H groups in total. The van der Waals surface area contributed by atoms with Crippen LogP contribution in [0.15, 0.2) is 28.9 Å².